The molecule has 5 nitrogen and oxygen atoms in total. The topological polar surface area (TPSA) is 76.2 Å². The normalized spacial score (nSPS) is 11.3. The Morgan fingerprint density at radius 2 is 1.54 bits per heavy atom. The van der Waals surface area contributed by atoms with Crippen molar-refractivity contribution in [3.8, 4) is 11.1 Å². The number of aryl methyl sites for hydroxylation is 2. The van der Waals surface area contributed by atoms with Crippen LogP contribution in [0.25, 0.3) is 11.1 Å². The monoisotopic (exact) mass is 317 g/mol. The van der Waals surface area contributed by atoms with E-state index in [-0.39, 0.29) is 5.96 Å². The molecule has 0 aliphatic rings. The van der Waals surface area contributed by atoms with Crippen molar-refractivity contribution in [2.45, 2.75) is 13.8 Å². The molecule has 3 aromatic rings. The molecule has 0 radical (unpaired) electrons. The largest absolute Gasteiger partial charge is 0.369 e. The van der Waals surface area contributed by atoms with Gasteiger partial charge in [-0.2, -0.15) is 4.99 Å². The van der Waals surface area contributed by atoms with Crippen molar-refractivity contribution in [2.24, 2.45) is 10.7 Å². The van der Waals surface area contributed by atoms with E-state index >= 15 is 0 Å². The minimum atomic E-state index is 0.255. The number of hydrogen-bond acceptors (Lipinski definition) is 3. The van der Waals surface area contributed by atoms with E-state index in [1.807, 2.05) is 56.3 Å². The Morgan fingerprint density at radius 3 is 2.25 bits per heavy atom. The summed E-state index contributed by atoms with van der Waals surface area (Å²) in [4.78, 5) is 12.8. The Bertz CT molecular complexity index is 852. The maximum Gasteiger partial charge on any atom is 0.253 e. The van der Waals surface area contributed by atoms with Gasteiger partial charge >= 0.3 is 0 Å². The minimum absolute atomic E-state index is 0.255. The first-order valence-electron chi connectivity index (χ1n) is 7.69. The molecule has 0 aliphatic heterocycles. The number of anilines is 1. The predicted molar refractivity (Wildman–Crippen MR) is 98.3 cm³/mol. The molecule has 3 rings (SSSR count). The van der Waals surface area contributed by atoms with Crippen LogP contribution < -0.4 is 11.1 Å². The summed E-state index contributed by atoms with van der Waals surface area (Å²) >= 11 is 0. The molecule has 5 heteroatoms. The van der Waals surface area contributed by atoms with E-state index in [0.717, 1.165) is 28.2 Å². The van der Waals surface area contributed by atoms with Crippen molar-refractivity contribution in [1.82, 2.24) is 9.97 Å². The maximum absolute atomic E-state index is 5.99. The highest BCUT2D eigenvalue weighted by molar-refractivity contribution is 5.94. The van der Waals surface area contributed by atoms with Gasteiger partial charge in [0.2, 0.25) is 5.96 Å². The smallest absolute Gasteiger partial charge is 0.253 e. The van der Waals surface area contributed by atoms with E-state index in [9.17, 15) is 0 Å². The van der Waals surface area contributed by atoms with Crippen molar-refractivity contribution < 1.29 is 0 Å². The number of aromatic nitrogens is 2. The summed E-state index contributed by atoms with van der Waals surface area (Å²) in [5.74, 6) is 0.613. The predicted octanol–water partition coefficient (Wildman–Crippen LogP) is 3.82. The zero-order valence-electron chi connectivity index (χ0n) is 13.7. The van der Waals surface area contributed by atoms with E-state index in [2.05, 4.69) is 38.5 Å². The number of benzene rings is 2. The van der Waals surface area contributed by atoms with Crippen molar-refractivity contribution in [3.63, 3.8) is 0 Å². The lowest BCUT2D eigenvalue weighted by Gasteiger charge is -2.08. The Hall–Kier alpha value is -3.21. The van der Waals surface area contributed by atoms with Crippen LogP contribution in [0.5, 0.6) is 0 Å². The molecule has 0 atom stereocenters. The Kier molecular flexibility index (Phi) is 4.52. The van der Waals surface area contributed by atoms with Gasteiger partial charge in [-0.3, -0.25) is 0 Å². The molecule has 0 unspecified atom stereocenters. The Labute approximate surface area is 141 Å². The number of guanidine groups is 1. The lowest BCUT2D eigenvalue weighted by atomic mass is 10.1. The zero-order valence-corrected chi connectivity index (χ0v) is 13.7. The highest BCUT2D eigenvalue weighted by Crippen LogP contribution is 2.22. The van der Waals surface area contributed by atoms with E-state index in [1.165, 1.54) is 0 Å². The lowest BCUT2D eigenvalue weighted by Crippen LogP contribution is -2.22. The van der Waals surface area contributed by atoms with Gasteiger partial charge in [0.15, 0.2) is 0 Å². The molecule has 0 saturated heterocycles. The number of aliphatic imine (C=N–C) groups is 1. The van der Waals surface area contributed by atoms with Crippen molar-refractivity contribution in [1.29, 1.82) is 0 Å². The summed E-state index contributed by atoms with van der Waals surface area (Å²) in [6.07, 6.45) is 0. The van der Waals surface area contributed by atoms with Crippen LogP contribution in [0.4, 0.5) is 11.6 Å². The van der Waals surface area contributed by atoms with E-state index in [0.29, 0.717) is 5.95 Å². The fraction of sp³-hybridized carbons (Fsp3) is 0.105. The molecule has 0 bridgehead atoms. The molecule has 0 saturated carbocycles. The second-order valence-corrected chi connectivity index (χ2v) is 5.52. The van der Waals surface area contributed by atoms with Gasteiger partial charge in [-0.1, -0.05) is 42.5 Å². The fourth-order valence-electron chi connectivity index (χ4n) is 2.45. The molecule has 0 fully saturated rings. The van der Waals surface area contributed by atoms with Crippen molar-refractivity contribution in [2.75, 3.05) is 5.32 Å². The van der Waals surface area contributed by atoms with Gasteiger partial charge in [0, 0.05) is 17.1 Å². The van der Waals surface area contributed by atoms with Crippen LogP contribution in [0, 0.1) is 13.8 Å². The lowest BCUT2D eigenvalue weighted by molar-refractivity contribution is 1.04. The highest BCUT2D eigenvalue weighted by Gasteiger charge is 2.02. The molecule has 2 aromatic carbocycles. The fourth-order valence-corrected chi connectivity index (χ4v) is 2.45. The molecule has 0 amide bonds. The van der Waals surface area contributed by atoms with Crippen LogP contribution in [0.1, 0.15) is 11.4 Å². The average Bonchev–Trinajstić information content (AvgIpc) is 2.55. The van der Waals surface area contributed by atoms with Crippen LogP contribution in [0.2, 0.25) is 0 Å². The first-order chi connectivity index (χ1) is 11.6. The van der Waals surface area contributed by atoms with E-state index in [1.54, 1.807) is 0 Å². The first-order valence-corrected chi connectivity index (χ1v) is 7.69. The summed E-state index contributed by atoms with van der Waals surface area (Å²) in [7, 11) is 0. The van der Waals surface area contributed by atoms with Gasteiger partial charge in [0.1, 0.15) is 0 Å². The highest BCUT2D eigenvalue weighted by atomic mass is 15.2. The van der Waals surface area contributed by atoms with Crippen LogP contribution in [0.3, 0.4) is 0 Å². The Morgan fingerprint density at radius 1 is 0.875 bits per heavy atom. The van der Waals surface area contributed by atoms with Crippen LogP contribution in [-0.2, 0) is 0 Å². The summed E-state index contributed by atoms with van der Waals surface area (Å²) in [5, 5.41) is 3.09. The Balaban J connectivity index is 1.82. The first kappa shape index (κ1) is 15.7. The number of hydrogen-bond donors (Lipinski definition) is 2. The summed E-state index contributed by atoms with van der Waals surface area (Å²) in [6.45, 7) is 3.81. The third-order valence-electron chi connectivity index (χ3n) is 3.43. The number of nitrogens with two attached hydrogens (primary N) is 1. The molecule has 3 N–H and O–H groups in total. The van der Waals surface area contributed by atoms with Gasteiger partial charge in [-0.25, -0.2) is 9.97 Å². The molecule has 1 heterocycles. The van der Waals surface area contributed by atoms with Crippen LogP contribution >= 0.6 is 0 Å². The summed E-state index contributed by atoms with van der Waals surface area (Å²) in [6, 6.07) is 20.1. The standard InChI is InChI=1S/C19H19N5/c1-13-11-14(2)22-19(21-13)24-18(20)23-17-10-6-9-16(12-17)15-7-4-3-5-8-15/h3-12H,1-2H3,(H3,20,21,22,23,24). The van der Waals surface area contributed by atoms with E-state index in [4.69, 9.17) is 5.73 Å². The number of rotatable bonds is 3. The van der Waals surface area contributed by atoms with Gasteiger partial charge < -0.3 is 11.1 Å². The van der Waals surface area contributed by atoms with Gasteiger partial charge in [0.05, 0.1) is 0 Å². The third-order valence-corrected chi connectivity index (χ3v) is 3.43. The molecular formula is C19H19N5. The quantitative estimate of drug-likeness (QED) is 0.569. The third kappa shape index (κ3) is 3.95. The average molecular weight is 317 g/mol. The number of nitrogens with one attached hydrogen (secondary N) is 1. The van der Waals surface area contributed by atoms with Gasteiger partial charge in [0.25, 0.3) is 5.95 Å². The number of nitrogens with zero attached hydrogens (tertiary/aromatic N) is 3. The molecule has 0 aliphatic carbocycles. The SMILES string of the molecule is Cc1cc(C)nc(/N=C(/N)Nc2cccc(-c3ccccc3)c2)n1. The summed E-state index contributed by atoms with van der Waals surface area (Å²) in [5.41, 5.74) is 10.8. The molecule has 120 valence electrons. The summed E-state index contributed by atoms with van der Waals surface area (Å²) < 4.78 is 0. The minimum Gasteiger partial charge on any atom is -0.369 e. The van der Waals surface area contributed by atoms with Crippen molar-refractivity contribution in [3.05, 3.63) is 72.1 Å². The molecule has 1 aromatic heterocycles. The second-order valence-electron chi connectivity index (χ2n) is 5.52. The zero-order chi connectivity index (χ0) is 16.9. The van der Waals surface area contributed by atoms with Crippen molar-refractivity contribution >= 4 is 17.6 Å². The van der Waals surface area contributed by atoms with Crippen LogP contribution in [0.15, 0.2) is 65.7 Å². The second kappa shape index (κ2) is 6.91. The maximum atomic E-state index is 5.99. The van der Waals surface area contributed by atoms with E-state index < -0.39 is 0 Å². The van der Waals surface area contributed by atoms with Gasteiger partial charge in [-0.15, -0.1) is 0 Å². The molecule has 24 heavy (non-hydrogen) atoms. The molecular weight excluding hydrogens is 298 g/mol. The molecule has 0 spiro atoms. The van der Waals surface area contributed by atoms with Crippen LogP contribution in [-0.4, -0.2) is 15.9 Å². The van der Waals surface area contributed by atoms with Gasteiger partial charge in [-0.05, 0) is 43.2 Å².